The van der Waals surface area contributed by atoms with Crippen molar-refractivity contribution in [3.8, 4) is 11.3 Å². The summed E-state index contributed by atoms with van der Waals surface area (Å²) >= 11 is 1.30. The van der Waals surface area contributed by atoms with E-state index in [0.717, 1.165) is 16.8 Å². The van der Waals surface area contributed by atoms with E-state index in [2.05, 4.69) is 48.4 Å². The minimum absolute atomic E-state index is 0.178. The van der Waals surface area contributed by atoms with Gasteiger partial charge in [0.2, 0.25) is 5.91 Å². The van der Waals surface area contributed by atoms with Gasteiger partial charge in [-0.25, -0.2) is 4.39 Å². The highest BCUT2D eigenvalue weighted by Gasteiger charge is 2.09. The second-order valence-corrected chi connectivity index (χ2v) is 7.35. The van der Waals surface area contributed by atoms with Crippen LogP contribution >= 0.6 is 11.8 Å². The summed E-state index contributed by atoms with van der Waals surface area (Å²) in [5.41, 5.74) is 6.07. The van der Waals surface area contributed by atoms with Crippen molar-refractivity contribution in [1.29, 1.82) is 0 Å². The van der Waals surface area contributed by atoms with Crippen LogP contribution < -0.4 is 5.32 Å². The van der Waals surface area contributed by atoms with Crippen molar-refractivity contribution in [3.05, 3.63) is 71.0 Å². The Balaban J connectivity index is 1.61. The van der Waals surface area contributed by atoms with Crippen molar-refractivity contribution in [2.75, 3.05) is 11.1 Å². The summed E-state index contributed by atoms with van der Waals surface area (Å²) in [5, 5.41) is 11.9. The first-order valence-electron chi connectivity index (χ1n) is 8.52. The number of carbonyl (C=O) groups excluding carboxylic acids is 1. The zero-order valence-corrected chi connectivity index (χ0v) is 16.2. The van der Waals surface area contributed by atoms with Crippen LogP contribution in [0.3, 0.4) is 0 Å². The van der Waals surface area contributed by atoms with Crippen LogP contribution in [0.5, 0.6) is 0 Å². The van der Waals surface area contributed by atoms with E-state index < -0.39 is 0 Å². The average molecular weight is 381 g/mol. The van der Waals surface area contributed by atoms with Gasteiger partial charge >= 0.3 is 0 Å². The molecule has 3 aromatic rings. The summed E-state index contributed by atoms with van der Waals surface area (Å²) in [4.78, 5) is 12.0. The normalized spacial score (nSPS) is 10.7. The fourth-order valence-electron chi connectivity index (χ4n) is 2.65. The summed E-state index contributed by atoms with van der Waals surface area (Å²) in [5.74, 6) is -0.312. The highest BCUT2D eigenvalue weighted by atomic mass is 32.2. The van der Waals surface area contributed by atoms with Gasteiger partial charge in [0.05, 0.1) is 11.4 Å². The number of thioether (sulfide) groups is 1. The lowest BCUT2D eigenvalue weighted by Crippen LogP contribution is -2.14. The van der Waals surface area contributed by atoms with Gasteiger partial charge in [-0.1, -0.05) is 17.8 Å². The van der Waals surface area contributed by atoms with Crippen LogP contribution in [-0.4, -0.2) is 21.9 Å². The molecule has 0 bridgehead atoms. The van der Waals surface area contributed by atoms with Crippen LogP contribution in [-0.2, 0) is 4.79 Å². The minimum atomic E-state index is -0.336. The standard InChI is InChI=1S/C21H20FN3OS/c1-13-10-15(3)18(11-14(13)2)19-8-9-21(25-24-19)27-12-20(26)23-17-6-4-16(22)5-7-17/h4-11H,12H2,1-3H3,(H,23,26). The maximum absolute atomic E-state index is 12.9. The van der Waals surface area contributed by atoms with Gasteiger partial charge < -0.3 is 5.32 Å². The molecule has 0 spiro atoms. The molecule has 1 heterocycles. The van der Waals surface area contributed by atoms with Gasteiger partial charge in [0.1, 0.15) is 10.8 Å². The lowest BCUT2D eigenvalue weighted by Gasteiger charge is -2.09. The zero-order chi connectivity index (χ0) is 19.4. The Morgan fingerprint density at radius 3 is 2.33 bits per heavy atom. The summed E-state index contributed by atoms with van der Waals surface area (Å²) in [6.07, 6.45) is 0. The molecule has 0 unspecified atom stereocenters. The minimum Gasteiger partial charge on any atom is -0.325 e. The third-order valence-electron chi connectivity index (χ3n) is 4.24. The fourth-order valence-corrected chi connectivity index (χ4v) is 3.26. The quantitative estimate of drug-likeness (QED) is 0.636. The number of nitrogens with zero attached hydrogens (tertiary/aromatic N) is 2. The molecule has 138 valence electrons. The molecule has 3 rings (SSSR count). The fraction of sp³-hybridized carbons (Fsp3) is 0.190. The molecule has 2 aromatic carbocycles. The average Bonchev–Trinajstić information content (AvgIpc) is 2.65. The van der Waals surface area contributed by atoms with E-state index in [9.17, 15) is 9.18 Å². The Morgan fingerprint density at radius 2 is 1.67 bits per heavy atom. The number of nitrogens with one attached hydrogen (secondary N) is 1. The molecule has 0 atom stereocenters. The predicted molar refractivity (Wildman–Crippen MR) is 107 cm³/mol. The highest BCUT2D eigenvalue weighted by molar-refractivity contribution is 7.99. The molecule has 1 amide bonds. The lowest BCUT2D eigenvalue weighted by atomic mass is 9.99. The second kappa shape index (κ2) is 8.31. The van der Waals surface area contributed by atoms with Crippen molar-refractivity contribution in [1.82, 2.24) is 10.2 Å². The number of hydrogen-bond acceptors (Lipinski definition) is 4. The van der Waals surface area contributed by atoms with Gasteiger partial charge in [0.25, 0.3) is 0 Å². The molecule has 0 fully saturated rings. The Morgan fingerprint density at radius 1 is 0.963 bits per heavy atom. The molecular weight excluding hydrogens is 361 g/mol. The lowest BCUT2D eigenvalue weighted by molar-refractivity contribution is -0.113. The Labute approximate surface area is 162 Å². The molecule has 1 N–H and O–H groups in total. The van der Waals surface area contributed by atoms with Crippen LogP contribution in [0.4, 0.5) is 10.1 Å². The number of anilines is 1. The van der Waals surface area contributed by atoms with E-state index in [1.165, 1.54) is 47.2 Å². The van der Waals surface area contributed by atoms with Crippen LogP contribution in [0.25, 0.3) is 11.3 Å². The SMILES string of the molecule is Cc1cc(C)c(-c2ccc(SCC(=O)Nc3ccc(F)cc3)nn2)cc1C. The Bertz CT molecular complexity index is 956. The zero-order valence-electron chi connectivity index (χ0n) is 15.4. The molecule has 0 aliphatic rings. The second-order valence-electron chi connectivity index (χ2n) is 6.35. The van der Waals surface area contributed by atoms with Crippen LogP contribution in [0, 0.1) is 26.6 Å². The van der Waals surface area contributed by atoms with Crippen LogP contribution in [0.15, 0.2) is 53.6 Å². The van der Waals surface area contributed by atoms with E-state index in [4.69, 9.17) is 0 Å². The third-order valence-corrected chi connectivity index (χ3v) is 5.16. The van der Waals surface area contributed by atoms with Crippen molar-refractivity contribution in [2.24, 2.45) is 0 Å². The van der Waals surface area contributed by atoms with Crippen molar-refractivity contribution in [3.63, 3.8) is 0 Å². The summed E-state index contributed by atoms with van der Waals surface area (Å²) in [6, 6.07) is 13.7. The topological polar surface area (TPSA) is 54.9 Å². The molecule has 1 aromatic heterocycles. The summed E-state index contributed by atoms with van der Waals surface area (Å²) in [6.45, 7) is 6.23. The smallest absolute Gasteiger partial charge is 0.234 e. The molecule has 0 aliphatic carbocycles. The van der Waals surface area contributed by atoms with E-state index in [-0.39, 0.29) is 17.5 Å². The molecule has 27 heavy (non-hydrogen) atoms. The van der Waals surface area contributed by atoms with Gasteiger partial charge in [0.15, 0.2) is 0 Å². The van der Waals surface area contributed by atoms with Gasteiger partial charge in [-0.15, -0.1) is 10.2 Å². The van der Waals surface area contributed by atoms with Crippen molar-refractivity contribution >= 4 is 23.4 Å². The number of aryl methyl sites for hydroxylation is 3. The number of halogens is 1. The monoisotopic (exact) mass is 381 g/mol. The first-order valence-corrected chi connectivity index (χ1v) is 9.51. The molecule has 6 heteroatoms. The number of benzene rings is 2. The van der Waals surface area contributed by atoms with Gasteiger partial charge in [-0.2, -0.15) is 0 Å². The van der Waals surface area contributed by atoms with E-state index in [1.54, 1.807) is 0 Å². The molecule has 0 saturated heterocycles. The Hall–Kier alpha value is -2.73. The summed E-state index contributed by atoms with van der Waals surface area (Å²) < 4.78 is 12.9. The van der Waals surface area contributed by atoms with Crippen molar-refractivity contribution < 1.29 is 9.18 Å². The van der Waals surface area contributed by atoms with Gasteiger partial charge in [0, 0.05) is 11.3 Å². The first kappa shape index (κ1) is 19.0. The van der Waals surface area contributed by atoms with Gasteiger partial charge in [-0.3, -0.25) is 4.79 Å². The van der Waals surface area contributed by atoms with Gasteiger partial charge in [-0.05, 0) is 79.9 Å². The van der Waals surface area contributed by atoms with Crippen LogP contribution in [0.2, 0.25) is 0 Å². The molecule has 4 nitrogen and oxygen atoms in total. The number of rotatable bonds is 5. The largest absolute Gasteiger partial charge is 0.325 e. The Kier molecular flexibility index (Phi) is 5.86. The molecule has 0 radical (unpaired) electrons. The predicted octanol–water partition coefficient (Wildman–Crippen LogP) is 4.94. The number of aromatic nitrogens is 2. The molecular formula is C21H20FN3OS. The molecule has 0 saturated carbocycles. The third kappa shape index (κ3) is 4.92. The van der Waals surface area contributed by atoms with Crippen LogP contribution in [0.1, 0.15) is 16.7 Å². The number of amides is 1. The number of carbonyl (C=O) groups is 1. The molecule has 0 aliphatic heterocycles. The first-order chi connectivity index (χ1) is 12.9. The van der Waals surface area contributed by atoms with E-state index in [1.807, 2.05) is 12.1 Å². The number of hydrogen-bond donors (Lipinski definition) is 1. The van der Waals surface area contributed by atoms with E-state index in [0.29, 0.717) is 10.7 Å². The van der Waals surface area contributed by atoms with E-state index >= 15 is 0 Å². The summed E-state index contributed by atoms with van der Waals surface area (Å²) in [7, 11) is 0. The highest BCUT2D eigenvalue weighted by Crippen LogP contribution is 2.25. The van der Waals surface area contributed by atoms with Crippen molar-refractivity contribution in [2.45, 2.75) is 25.8 Å². The maximum atomic E-state index is 12.9. The maximum Gasteiger partial charge on any atom is 0.234 e.